The van der Waals surface area contributed by atoms with Crippen molar-refractivity contribution >= 4 is 34.2 Å². The molecule has 1 amide bonds. The van der Waals surface area contributed by atoms with Crippen molar-refractivity contribution in [2.75, 3.05) is 0 Å². The highest BCUT2D eigenvalue weighted by atomic mass is 79.9. The second-order valence-corrected chi connectivity index (χ2v) is 6.43. The van der Waals surface area contributed by atoms with Crippen molar-refractivity contribution in [3.05, 3.63) is 69.2 Å². The van der Waals surface area contributed by atoms with E-state index in [2.05, 4.69) is 44.8 Å². The third kappa shape index (κ3) is 4.80. The number of fused-ring (bicyclic) bond motifs is 1. The summed E-state index contributed by atoms with van der Waals surface area (Å²) in [7, 11) is 0. The summed E-state index contributed by atoms with van der Waals surface area (Å²) in [6.07, 6.45) is 1.26. The van der Waals surface area contributed by atoms with Crippen LogP contribution < -0.4 is 10.6 Å². The Labute approximate surface area is 151 Å². The molecule has 5 heteroatoms. The molecule has 0 radical (unpaired) electrons. The van der Waals surface area contributed by atoms with Gasteiger partial charge in [0.05, 0.1) is 0 Å². The van der Waals surface area contributed by atoms with Gasteiger partial charge in [-0.15, -0.1) is 12.4 Å². The summed E-state index contributed by atoms with van der Waals surface area (Å²) >= 11 is 3.51. The molecule has 3 rings (SSSR count). The van der Waals surface area contributed by atoms with Crippen molar-refractivity contribution in [1.82, 2.24) is 10.6 Å². The van der Waals surface area contributed by atoms with E-state index < -0.39 is 0 Å². The molecule has 1 aliphatic rings. The molecule has 0 aromatic heterocycles. The molecule has 0 fully saturated rings. The van der Waals surface area contributed by atoms with Crippen molar-refractivity contribution in [1.29, 1.82) is 0 Å². The summed E-state index contributed by atoms with van der Waals surface area (Å²) in [4.78, 5) is 12.0. The molecule has 2 aromatic rings. The van der Waals surface area contributed by atoms with E-state index in [0.717, 1.165) is 29.5 Å². The maximum atomic E-state index is 12.0. The van der Waals surface area contributed by atoms with Crippen LogP contribution in [0.25, 0.3) is 0 Å². The van der Waals surface area contributed by atoms with Crippen molar-refractivity contribution in [2.45, 2.75) is 32.5 Å². The minimum Gasteiger partial charge on any atom is -0.352 e. The molecule has 0 spiro atoms. The number of carbonyl (C=O) groups excluding carboxylic acids is 1. The third-order valence-electron chi connectivity index (χ3n) is 3.97. The predicted molar refractivity (Wildman–Crippen MR) is 98.5 cm³/mol. The number of hydrogen-bond acceptors (Lipinski definition) is 2. The van der Waals surface area contributed by atoms with Gasteiger partial charge in [-0.25, -0.2) is 0 Å². The summed E-state index contributed by atoms with van der Waals surface area (Å²) in [5.74, 6) is 0.0920. The van der Waals surface area contributed by atoms with Crippen LogP contribution in [0.4, 0.5) is 0 Å². The lowest BCUT2D eigenvalue weighted by Crippen LogP contribution is -2.23. The van der Waals surface area contributed by atoms with E-state index in [1.54, 1.807) is 0 Å². The molecule has 0 aliphatic carbocycles. The monoisotopic (exact) mass is 394 g/mol. The van der Waals surface area contributed by atoms with Crippen LogP contribution in [-0.4, -0.2) is 5.91 Å². The van der Waals surface area contributed by atoms with E-state index in [1.165, 1.54) is 16.7 Å². The fourth-order valence-electron chi connectivity index (χ4n) is 2.70. The Morgan fingerprint density at radius 2 is 1.91 bits per heavy atom. The van der Waals surface area contributed by atoms with E-state index >= 15 is 0 Å². The Balaban J connectivity index is 0.00000192. The molecular weight excluding hydrogens is 376 g/mol. The first-order chi connectivity index (χ1) is 10.7. The van der Waals surface area contributed by atoms with Crippen molar-refractivity contribution in [3.8, 4) is 0 Å². The highest BCUT2D eigenvalue weighted by Gasteiger charge is 2.10. The smallest absolute Gasteiger partial charge is 0.220 e. The van der Waals surface area contributed by atoms with Crippen LogP contribution in [0.5, 0.6) is 0 Å². The van der Waals surface area contributed by atoms with Crippen LogP contribution in [0, 0.1) is 0 Å². The maximum absolute atomic E-state index is 12.0. The Morgan fingerprint density at radius 3 is 2.74 bits per heavy atom. The molecule has 0 atom stereocenters. The first kappa shape index (κ1) is 18.0. The van der Waals surface area contributed by atoms with Crippen LogP contribution >= 0.6 is 28.3 Å². The van der Waals surface area contributed by atoms with E-state index in [9.17, 15) is 4.79 Å². The largest absolute Gasteiger partial charge is 0.352 e. The summed E-state index contributed by atoms with van der Waals surface area (Å²) in [5.41, 5.74) is 5.04. The van der Waals surface area contributed by atoms with Gasteiger partial charge in [-0.2, -0.15) is 0 Å². The molecule has 0 unspecified atom stereocenters. The zero-order valence-electron chi connectivity index (χ0n) is 12.8. The van der Waals surface area contributed by atoms with Crippen molar-refractivity contribution in [2.24, 2.45) is 0 Å². The summed E-state index contributed by atoms with van der Waals surface area (Å²) in [6, 6.07) is 14.5. The molecule has 23 heavy (non-hydrogen) atoms. The standard InChI is InChI=1S/C18H19BrN2O.ClH/c19-17-4-2-1-3-14(17)7-8-18(22)21-10-13-5-6-15-11-20-12-16(15)9-13;/h1-6,9,20H,7-8,10-12H2,(H,21,22);1H. The number of benzene rings is 2. The Bertz CT molecular complexity index is 690. The molecule has 1 heterocycles. The third-order valence-corrected chi connectivity index (χ3v) is 4.74. The topological polar surface area (TPSA) is 41.1 Å². The molecule has 3 nitrogen and oxygen atoms in total. The molecule has 2 aromatic carbocycles. The molecular formula is C18H20BrClN2O. The van der Waals surface area contributed by atoms with Gasteiger partial charge in [0.15, 0.2) is 0 Å². The van der Waals surface area contributed by atoms with E-state index in [0.29, 0.717) is 13.0 Å². The van der Waals surface area contributed by atoms with Crippen LogP contribution in [0.1, 0.15) is 28.7 Å². The zero-order chi connectivity index (χ0) is 15.4. The fourth-order valence-corrected chi connectivity index (χ4v) is 3.18. The van der Waals surface area contributed by atoms with Gasteiger partial charge in [0, 0.05) is 30.5 Å². The molecule has 122 valence electrons. The van der Waals surface area contributed by atoms with E-state index in [1.807, 2.05) is 24.3 Å². The first-order valence-corrected chi connectivity index (χ1v) is 8.33. The molecule has 2 N–H and O–H groups in total. The zero-order valence-corrected chi connectivity index (χ0v) is 15.2. The summed E-state index contributed by atoms with van der Waals surface area (Å²) in [6.45, 7) is 2.48. The Morgan fingerprint density at radius 1 is 1.13 bits per heavy atom. The second kappa shape index (κ2) is 8.48. The van der Waals surface area contributed by atoms with Crippen LogP contribution in [0.2, 0.25) is 0 Å². The van der Waals surface area contributed by atoms with Crippen LogP contribution in [0.3, 0.4) is 0 Å². The average Bonchev–Trinajstić information content (AvgIpc) is 2.99. The van der Waals surface area contributed by atoms with Crippen molar-refractivity contribution in [3.63, 3.8) is 0 Å². The lowest BCUT2D eigenvalue weighted by atomic mass is 10.1. The van der Waals surface area contributed by atoms with Gasteiger partial charge in [-0.05, 0) is 34.7 Å². The van der Waals surface area contributed by atoms with Gasteiger partial charge < -0.3 is 10.6 Å². The summed E-state index contributed by atoms with van der Waals surface area (Å²) in [5, 5.41) is 6.34. The van der Waals surface area contributed by atoms with Gasteiger partial charge in [-0.3, -0.25) is 4.79 Å². The highest BCUT2D eigenvalue weighted by molar-refractivity contribution is 9.10. The molecule has 1 aliphatic heterocycles. The lowest BCUT2D eigenvalue weighted by molar-refractivity contribution is -0.121. The van der Waals surface area contributed by atoms with Crippen LogP contribution in [0.15, 0.2) is 46.9 Å². The van der Waals surface area contributed by atoms with E-state index in [4.69, 9.17) is 0 Å². The van der Waals surface area contributed by atoms with E-state index in [-0.39, 0.29) is 18.3 Å². The first-order valence-electron chi connectivity index (χ1n) is 7.54. The number of aryl methyl sites for hydroxylation is 1. The molecule has 0 saturated carbocycles. The number of hydrogen-bond donors (Lipinski definition) is 2. The fraction of sp³-hybridized carbons (Fsp3) is 0.278. The number of halogens is 2. The summed E-state index contributed by atoms with van der Waals surface area (Å²) < 4.78 is 1.06. The Hall–Kier alpha value is -1.36. The predicted octanol–water partition coefficient (Wildman–Crippen LogP) is 3.72. The number of nitrogens with one attached hydrogen (secondary N) is 2. The minimum absolute atomic E-state index is 0. The number of amides is 1. The highest BCUT2D eigenvalue weighted by Crippen LogP contribution is 2.18. The van der Waals surface area contributed by atoms with Gasteiger partial charge in [0.2, 0.25) is 5.91 Å². The van der Waals surface area contributed by atoms with Gasteiger partial charge in [0.25, 0.3) is 0 Å². The van der Waals surface area contributed by atoms with Crippen molar-refractivity contribution < 1.29 is 4.79 Å². The van der Waals surface area contributed by atoms with Gasteiger partial charge in [-0.1, -0.05) is 52.3 Å². The minimum atomic E-state index is 0. The lowest BCUT2D eigenvalue weighted by Gasteiger charge is -2.08. The second-order valence-electron chi connectivity index (χ2n) is 5.57. The SMILES string of the molecule is Cl.O=C(CCc1ccccc1Br)NCc1ccc2c(c1)CNC2. The number of carbonyl (C=O) groups is 1. The number of rotatable bonds is 5. The quantitative estimate of drug-likeness (QED) is 0.810. The molecule has 0 bridgehead atoms. The Kier molecular flexibility index (Phi) is 6.63. The van der Waals surface area contributed by atoms with Gasteiger partial charge >= 0.3 is 0 Å². The van der Waals surface area contributed by atoms with Gasteiger partial charge in [0.1, 0.15) is 0 Å². The van der Waals surface area contributed by atoms with Crippen LogP contribution in [-0.2, 0) is 30.8 Å². The maximum Gasteiger partial charge on any atom is 0.220 e. The average molecular weight is 396 g/mol. The molecule has 0 saturated heterocycles. The normalized spacial score (nSPS) is 12.4.